The van der Waals surface area contributed by atoms with Crippen molar-refractivity contribution >= 4 is 0 Å². The van der Waals surface area contributed by atoms with Gasteiger partial charge in [0, 0.05) is 38.3 Å². The number of rotatable bonds is 3. The molecule has 15 heavy (non-hydrogen) atoms. The normalized spacial score (nSPS) is 23.8. The van der Waals surface area contributed by atoms with Crippen LogP contribution in [-0.4, -0.2) is 43.2 Å². The lowest BCUT2D eigenvalue weighted by Gasteiger charge is -2.37. The van der Waals surface area contributed by atoms with Crippen molar-refractivity contribution in [2.75, 3.05) is 26.2 Å². The Hall–Kier alpha value is -0.120. The predicted octanol–water partition coefficient (Wildman–Crippen LogP) is 1.04. The SMILES string of the molecule is CC(CC(N)C(C)(C)C)N1CCNCC1. The first-order chi connectivity index (χ1) is 6.91. The zero-order chi connectivity index (χ0) is 11.5. The van der Waals surface area contributed by atoms with E-state index in [1.54, 1.807) is 0 Å². The first-order valence-corrected chi connectivity index (χ1v) is 6.11. The van der Waals surface area contributed by atoms with Crippen molar-refractivity contribution in [3.8, 4) is 0 Å². The lowest BCUT2D eigenvalue weighted by atomic mass is 9.83. The van der Waals surface area contributed by atoms with Gasteiger partial charge in [-0.2, -0.15) is 0 Å². The molecular formula is C12H27N3. The maximum atomic E-state index is 6.22. The first kappa shape index (κ1) is 12.9. The Kier molecular flexibility index (Phi) is 4.56. The van der Waals surface area contributed by atoms with Gasteiger partial charge in [-0.25, -0.2) is 0 Å². The zero-order valence-electron chi connectivity index (χ0n) is 10.7. The van der Waals surface area contributed by atoms with Gasteiger partial charge in [0.05, 0.1) is 0 Å². The molecule has 90 valence electrons. The molecule has 1 fully saturated rings. The summed E-state index contributed by atoms with van der Waals surface area (Å²) in [5.41, 5.74) is 6.44. The number of nitrogens with zero attached hydrogens (tertiary/aromatic N) is 1. The summed E-state index contributed by atoms with van der Waals surface area (Å²) in [7, 11) is 0. The van der Waals surface area contributed by atoms with Crippen LogP contribution in [0.3, 0.4) is 0 Å². The molecule has 0 aromatic carbocycles. The molecule has 0 spiro atoms. The number of piperazine rings is 1. The van der Waals surface area contributed by atoms with E-state index in [2.05, 4.69) is 37.9 Å². The highest BCUT2D eigenvalue weighted by atomic mass is 15.2. The molecule has 0 aliphatic carbocycles. The second-order valence-corrected chi connectivity index (χ2v) is 5.84. The van der Waals surface area contributed by atoms with Crippen molar-refractivity contribution in [2.45, 2.75) is 46.2 Å². The van der Waals surface area contributed by atoms with Gasteiger partial charge in [-0.1, -0.05) is 20.8 Å². The van der Waals surface area contributed by atoms with Gasteiger partial charge in [0.25, 0.3) is 0 Å². The summed E-state index contributed by atoms with van der Waals surface area (Å²) in [6.07, 6.45) is 1.10. The minimum Gasteiger partial charge on any atom is -0.327 e. The molecule has 3 nitrogen and oxygen atoms in total. The van der Waals surface area contributed by atoms with E-state index in [0.717, 1.165) is 32.6 Å². The van der Waals surface area contributed by atoms with Gasteiger partial charge in [0.2, 0.25) is 0 Å². The molecule has 1 saturated heterocycles. The Morgan fingerprint density at radius 1 is 1.27 bits per heavy atom. The van der Waals surface area contributed by atoms with Crippen molar-refractivity contribution in [3.63, 3.8) is 0 Å². The number of hydrogen-bond donors (Lipinski definition) is 2. The smallest absolute Gasteiger partial charge is 0.0110 e. The molecule has 1 heterocycles. The van der Waals surface area contributed by atoms with Crippen molar-refractivity contribution in [1.29, 1.82) is 0 Å². The molecule has 1 aliphatic heterocycles. The summed E-state index contributed by atoms with van der Waals surface area (Å²) in [6, 6.07) is 0.906. The minimum atomic E-state index is 0.225. The largest absolute Gasteiger partial charge is 0.327 e. The molecular weight excluding hydrogens is 186 g/mol. The fourth-order valence-electron chi connectivity index (χ4n) is 1.99. The van der Waals surface area contributed by atoms with E-state index in [4.69, 9.17) is 5.73 Å². The Labute approximate surface area is 94.4 Å². The zero-order valence-corrected chi connectivity index (χ0v) is 10.7. The van der Waals surface area contributed by atoms with Crippen LogP contribution < -0.4 is 11.1 Å². The van der Waals surface area contributed by atoms with Gasteiger partial charge in [-0.15, -0.1) is 0 Å². The lowest BCUT2D eigenvalue weighted by molar-refractivity contribution is 0.151. The molecule has 0 aromatic rings. The standard InChI is InChI=1S/C12H27N3/c1-10(9-11(13)12(2,3)4)15-7-5-14-6-8-15/h10-11,14H,5-9,13H2,1-4H3. The highest BCUT2D eigenvalue weighted by molar-refractivity contribution is 4.83. The molecule has 1 rings (SSSR count). The van der Waals surface area contributed by atoms with E-state index < -0.39 is 0 Å². The van der Waals surface area contributed by atoms with Crippen LogP contribution in [0, 0.1) is 5.41 Å². The van der Waals surface area contributed by atoms with Crippen LogP contribution in [0.5, 0.6) is 0 Å². The molecule has 3 N–H and O–H groups in total. The average molecular weight is 213 g/mol. The third-order valence-electron chi connectivity index (χ3n) is 3.48. The minimum absolute atomic E-state index is 0.225. The second-order valence-electron chi connectivity index (χ2n) is 5.84. The van der Waals surface area contributed by atoms with Crippen LogP contribution in [0.25, 0.3) is 0 Å². The van der Waals surface area contributed by atoms with Crippen molar-refractivity contribution < 1.29 is 0 Å². The Morgan fingerprint density at radius 3 is 2.27 bits per heavy atom. The Balaban J connectivity index is 2.36. The van der Waals surface area contributed by atoms with E-state index in [1.807, 2.05) is 0 Å². The quantitative estimate of drug-likeness (QED) is 0.736. The van der Waals surface area contributed by atoms with E-state index in [9.17, 15) is 0 Å². The Morgan fingerprint density at radius 2 is 1.80 bits per heavy atom. The first-order valence-electron chi connectivity index (χ1n) is 6.11. The summed E-state index contributed by atoms with van der Waals surface area (Å²) in [4.78, 5) is 2.54. The van der Waals surface area contributed by atoms with Crippen LogP contribution >= 0.6 is 0 Å². The summed E-state index contributed by atoms with van der Waals surface area (Å²) < 4.78 is 0. The van der Waals surface area contributed by atoms with Crippen LogP contribution in [-0.2, 0) is 0 Å². The van der Waals surface area contributed by atoms with E-state index in [1.165, 1.54) is 0 Å². The molecule has 1 aliphatic rings. The maximum Gasteiger partial charge on any atom is 0.0110 e. The molecule has 0 bridgehead atoms. The topological polar surface area (TPSA) is 41.3 Å². The predicted molar refractivity (Wildman–Crippen MR) is 66.0 cm³/mol. The third-order valence-corrected chi connectivity index (χ3v) is 3.48. The van der Waals surface area contributed by atoms with Gasteiger partial charge in [-0.05, 0) is 18.8 Å². The molecule has 0 radical (unpaired) electrons. The molecule has 2 atom stereocenters. The van der Waals surface area contributed by atoms with E-state index >= 15 is 0 Å². The molecule has 3 heteroatoms. The van der Waals surface area contributed by atoms with Gasteiger partial charge in [0.1, 0.15) is 0 Å². The van der Waals surface area contributed by atoms with Crippen LogP contribution in [0.15, 0.2) is 0 Å². The number of nitrogens with one attached hydrogen (secondary N) is 1. The maximum absolute atomic E-state index is 6.22. The molecule has 0 aromatic heterocycles. The van der Waals surface area contributed by atoms with E-state index in [-0.39, 0.29) is 5.41 Å². The van der Waals surface area contributed by atoms with Gasteiger partial charge in [-0.3, -0.25) is 4.90 Å². The second kappa shape index (κ2) is 5.28. The Bertz CT molecular complexity index is 180. The highest BCUT2D eigenvalue weighted by Crippen LogP contribution is 2.22. The third kappa shape index (κ3) is 4.09. The summed E-state index contributed by atoms with van der Waals surface area (Å²) in [5, 5.41) is 3.38. The summed E-state index contributed by atoms with van der Waals surface area (Å²) in [6.45, 7) is 13.5. The lowest BCUT2D eigenvalue weighted by Crippen LogP contribution is -2.50. The summed E-state index contributed by atoms with van der Waals surface area (Å²) in [5.74, 6) is 0. The number of hydrogen-bond acceptors (Lipinski definition) is 3. The van der Waals surface area contributed by atoms with Crippen LogP contribution in [0.1, 0.15) is 34.1 Å². The van der Waals surface area contributed by atoms with Crippen molar-refractivity contribution in [3.05, 3.63) is 0 Å². The fraction of sp³-hybridized carbons (Fsp3) is 1.00. The molecule has 2 unspecified atom stereocenters. The van der Waals surface area contributed by atoms with Gasteiger partial charge in [0.15, 0.2) is 0 Å². The van der Waals surface area contributed by atoms with E-state index in [0.29, 0.717) is 12.1 Å². The van der Waals surface area contributed by atoms with Gasteiger partial charge < -0.3 is 11.1 Å². The van der Waals surface area contributed by atoms with Crippen LogP contribution in [0.2, 0.25) is 0 Å². The molecule has 0 amide bonds. The van der Waals surface area contributed by atoms with Crippen LogP contribution in [0.4, 0.5) is 0 Å². The fourth-order valence-corrected chi connectivity index (χ4v) is 1.99. The molecule has 0 saturated carbocycles. The monoisotopic (exact) mass is 213 g/mol. The van der Waals surface area contributed by atoms with Gasteiger partial charge >= 0.3 is 0 Å². The highest BCUT2D eigenvalue weighted by Gasteiger charge is 2.25. The number of nitrogens with two attached hydrogens (primary N) is 1. The van der Waals surface area contributed by atoms with Crippen molar-refractivity contribution in [1.82, 2.24) is 10.2 Å². The summed E-state index contributed by atoms with van der Waals surface area (Å²) >= 11 is 0. The average Bonchev–Trinajstić information content (AvgIpc) is 2.17. The van der Waals surface area contributed by atoms with Crippen molar-refractivity contribution in [2.24, 2.45) is 11.1 Å².